The molecule has 1 rings (SSSR count). The molecule has 5 heteroatoms. The van der Waals surface area contributed by atoms with Gasteiger partial charge in [0.15, 0.2) is 12.1 Å². The van der Waals surface area contributed by atoms with E-state index < -0.39 is 5.97 Å². The van der Waals surface area contributed by atoms with Gasteiger partial charge in [-0.1, -0.05) is 0 Å². The van der Waals surface area contributed by atoms with E-state index in [0.29, 0.717) is 6.29 Å². The molecule has 0 fully saturated rings. The lowest BCUT2D eigenvalue weighted by Gasteiger charge is -1.90. The van der Waals surface area contributed by atoms with Gasteiger partial charge in [0.2, 0.25) is 0 Å². The molecule has 5 nitrogen and oxygen atoms in total. The molecule has 1 aromatic heterocycles. The van der Waals surface area contributed by atoms with E-state index in [1.54, 1.807) is 0 Å². The van der Waals surface area contributed by atoms with Crippen molar-refractivity contribution in [3.63, 3.8) is 0 Å². The van der Waals surface area contributed by atoms with Gasteiger partial charge in [0, 0.05) is 12.4 Å². The number of aldehydes is 1. The summed E-state index contributed by atoms with van der Waals surface area (Å²) in [5, 5.41) is 8.38. The second-order valence-electron chi connectivity index (χ2n) is 1.75. The Morgan fingerprint density at radius 3 is 2.36 bits per heavy atom. The molecular weight excluding hydrogens is 148 g/mol. The van der Waals surface area contributed by atoms with Gasteiger partial charge in [-0.15, -0.1) is 0 Å². The third-order valence-corrected chi connectivity index (χ3v) is 1.02. The molecule has 1 heterocycles. The standard InChI is InChI=1S/C6H4N2O3/c9-3-5-7-1-4(2-8-5)6(10)11/h1-3H,(H,10,11). The molecule has 0 aliphatic rings. The molecule has 0 unspecified atom stereocenters. The molecule has 56 valence electrons. The lowest BCUT2D eigenvalue weighted by molar-refractivity contribution is 0.0695. The zero-order valence-electron chi connectivity index (χ0n) is 5.39. The first-order chi connectivity index (χ1) is 5.24. The number of rotatable bonds is 2. The fourth-order valence-electron chi connectivity index (χ4n) is 0.509. The van der Waals surface area contributed by atoms with Crippen molar-refractivity contribution in [2.24, 2.45) is 0 Å². The number of aromatic carboxylic acids is 1. The maximum absolute atomic E-state index is 10.2. The minimum Gasteiger partial charge on any atom is -0.478 e. The Bertz CT molecular complexity index is 280. The third kappa shape index (κ3) is 1.57. The molecule has 0 spiro atoms. The van der Waals surface area contributed by atoms with E-state index in [-0.39, 0.29) is 11.4 Å². The predicted molar refractivity (Wildman–Crippen MR) is 34.4 cm³/mol. The second kappa shape index (κ2) is 2.87. The highest BCUT2D eigenvalue weighted by Crippen LogP contribution is 1.93. The number of hydrogen-bond donors (Lipinski definition) is 1. The number of carbonyl (C=O) groups excluding carboxylic acids is 1. The van der Waals surface area contributed by atoms with Crippen molar-refractivity contribution in [2.75, 3.05) is 0 Å². The Morgan fingerprint density at radius 1 is 1.45 bits per heavy atom. The quantitative estimate of drug-likeness (QED) is 0.602. The third-order valence-electron chi connectivity index (χ3n) is 1.02. The molecule has 11 heavy (non-hydrogen) atoms. The van der Waals surface area contributed by atoms with Gasteiger partial charge in [-0.3, -0.25) is 4.79 Å². The highest BCUT2D eigenvalue weighted by Gasteiger charge is 2.02. The van der Waals surface area contributed by atoms with E-state index in [1.807, 2.05) is 0 Å². The van der Waals surface area contributed by atoms with E-state index in [4.69, 9.17) is 5.11 Å². The molecule has 1 aromatic rings. The van der Waals surface area contributed by atoms with Crippen LogP contribution in [0.2, 0.25) is 0 Å². The molecule has 0 bridgehead atoms. The van der Waals surface area contributed by atoms with E-state index in [0.717, 1.165) is 12.4 Å². The number of carbonyl (C=O) groups is 2. The summed E-state index contributed by atoms with van der Waals surface area (Å²) >= 11 is 0. The van der Waals surface area contributed by atoms with Crippen LogP contribution in [0.4, 0.5) is 0 Å². The Labute approximate surface area is 61.7 Å². The van der Waals surface area contributed by atoms with Crippen LogP contribution in [0, 0.1) is 0 Å². The average molecular weight is 152 g/mol. The van der Waals surface area contributed by atoms with Gasteiger partial charge in [-0.25, -0.2) is 14.8 Å². The molecule has 1 N–H and O–H groups in total. The molecule has 0 saturated carbocycles. The van der Waals surface area contributed by atoms with Crippen molar-refractivity contribution in [3.8, 4) is 0 Å². The summed E-state index contributed by atoms with van der Waals surface area (Å²) in [4.78, 5) is 27.2. The van der Waals surface area contributed by atoms with Crippen LogP contribution in [-0.2, 0) is 0 Å². The number of carboxylic acid groups (broad SMARTS) is 1. The monoisotopic (exact) mass is 152 g/mol. The van der Waals surface area contributed by atoms with Crippen molar-refractivity contribution in [1.29, 1.82) is 0 Å². The Kier molecular flexibility index (Phi) is 1.91. The maximum Gasteiger partial charge on any atom is 0.338 e. The Balaban J connectivity index is 3.00. The summed E-state index contributed by atoms with van der Waals surface area (Å²) in [6.07, 6.45) is 2.61. The number of aromatic nitrogens is 2. The fourth-order valence-corrected chi connectivity index (χ4v) is 0.509. The predicted octanol–water partition coefficient (Wildman–Crippen LogP) is -0.0127. The second-order valence-corrected chi connectivity index (χ2v) is 1.75. The summed E-state index contributed by atoms with van der Waals surface area (Å²) < 4.78 is 0. The van der Waals surface area contributed by atoms with Gasteiger partial charge in [-0.05, 0) is 0 Å². The van der Waals surface area contributed by atoms with Gasteiger partial charge < -0.3 is 5.11 Å². The lowest BCUT2D eigenvalue weighted by Crippen LogP contribution is -2.00. The topological polar surface area (TPSA) is 80.2 Å². The molecular formula is C6H4N2O3. The summed E-state index contributed by atoms with van der Waals surface area (Å²) in [7, 11) is 0. The van der Waals surface area contributed by atoms with Gasteiger partial charge in [-0.2, -0.15) is 0 Å². The van der Waals surface area contributed by atoms with Gasteiger partial charge in [0.05, 0.1) is 5.56 Å². The van der Waals surface area contributed by atoms with Crippen LogP contribution in [0.5, 0.6) is 0 Å². The highest BCUT2D eigenvalue weighted by molar-refractivity contribution is 5.87. The first-order valence-corrected chi connectivity index (χ1v) is 2.74. The van der Waals surface area contributed by atoms with Crippen LogP contribution in [-0.4, -0.2) is 27.3 Å². The summed E-state index contributed by atoms with van der Waals surface area (Å²) in [6.45, 7) is 0. The number of nitrogens with zero attached hydrogens (tertiary/aromatic N) is 2. The Hall–Kier alpha value is -1.78. The van der Waals surface area contributed by atoms with Crippen LogP contribution in [0.25, 0.3) is 0 Å². The van der Waals surface area contributed by atoms with E-state index in [2.05, 4.69) is 9.97 Å². The summed E-state index contributed by atoms with van der Waals surface area (Å²) in [5.74, 6) is -1.13. The van der Waals surface area contributed by atoms with Crippen molar-refractivity contribution in [3.05, 3.63) is 23.8 Å². The average Bonchev–Trinajstić information content (AvgIpc) is 2.05. The summed E-state index contributed by atoms with van der Waals surface area (Å²) in [6, 6.07) is 0. The SMILES string of the molecule is O=Cc1ncc(C(=O)O)cn1. The lowest BCUT2D eigenvalue weighted by atomic mass is 10.3. The zero-order chi connectivity index (χ0) is 8.27. The first kappa shape index (κ1) is 7.33. The minimum absolute atomic E-state index is 0.0185. The number of hydrogen-bond acceptors (Lipinski definition) is 4. The minimum atomic E-state index is -1.11. The fraction of sp³-hybridized carbons (Fsp3) is 0. The van der Waals surface area contributed by atoms with Crippen molar-refractivity contribution >= 4 is 12.3 Å². The first-order valence-electron chi connectivity index (χ1n) is 2.74. The molecule has 0 atom stereocenters. The molecule has 0 saturated heterocycles. The van der Waals surface area contributed by atoms with Gasteiger partial charge in [0.1, 0.15) is 0 Å². The van der Waals surface area contributed by atoms with Crippen LogP contribution in [0.15, 0.2) is 12.4 Å². The van der Waals surface area contributed by atoms with Crippen molar-refractivity contribution in [2.45, 2.75) is 0 Å². The van der Waals surface area contributed by atoms with Crippen LogP contribution in [0.3, 0.4) is 0 Å². The summed E-state index contributed by atoms with van der Waals surface area (Å²) in [5.41, 5.74) is -0.0319. The van der Waals surface area contributed by atoms with Crippen molar-refractivity contribution in [1.82, 2.24) is 9.97 Å². The smallest absolute Gasteiger partial charge is 0.338 e. The molecule has 0 aliphatic carbocycles. The highest BCUT2D eigenvalue weighted by atomic mass is 16.4. The van der Waals surface area contributed by atoms with Crippen LogP contribution >= 0.6 is 0 Å². The van der Waals surface area contributed by atoms with E-state index >= 15 is 0 Å². The van der Waals surface area contributed by atoms with E-state index in [1.165, 1.54) is 0 Å². The molecule has 0 aliphatic heterocycles. The molecule has 0 aromatic carbocycles. The normalized spacial score (nSPS) is 9.09. The molecule has 0 amide bonds. The van der Waals surface area contributed by atoms with Gasteiger partial charge in [0.25, 0.3) is 0 Å². The van der Waals surface area contributed by atoms with Crippen LogP contribution in [0.1, 0.15) is 21.0 Å². The number of carboxylic acids is 1. The Morgan fingerprint density at radius 2 is 2.00 bits per heavy atom. The van der Waals surface area contributed by atoms with Crippen LogP contribution < -0.4 is 0 Å². The van der Waals surface area contributed by atoms with E-state index in [9.17, 15) is 9.59 Å². The maximum atomic E-state index is 10.2. The van der Waals surface area contributed by atoms with Gasteiger partial charge >= 0.3 is 5.97 Å². The zero-order valence-corrected chi connectivity index (χ0v) is 5.39. The molecule has 0 radical (unpaired) electrons. The van der Waals surface area contributed by atoms with Crippen molar-refractivity contribution < 1.29 is 14.7 Å². The largest absolute Gasteiger partial charge is 0.478 e.